The average Bonchev–Trinajstić information content (AvgIpc) is 3.18. The van der Waals surface area contributed by atoms with Crippen LogP contribution in [0.3, 0.4) is 0 Å². The number of nitrogens with one attached hydrogen (secondary N) is 2. The second-order valence-electron chi connectivity index (χ2n) is 7.59. The molecule has 1 aliphatic carbocycles. The number of aromatic amines is 1. The topological polar surface area (TPSA) is 53.2 Å². The second-order valence-corrected chi connectivity index (χ2v) is 7.98. The maximum absolute atomic E-state index is 5.83. The molecule has 0 unspecified atom stereocenters. The Kier molecular flexibility index (Phi) is 6.30. The molecule has 152 valence electrons. The van der Waals surface area contributed by atoms with Crippen LogP contribution >= 0.6 is 12.2 Å². The largest absolute Gasteiger partial charge is 0.497 e. The molecular weight excluding hydrogens is 380 g/mol. The van der Waals surface area contributed by atoms with Gasteiger partial charge in [-0.1, -0.05) is 31.4 Å². The van der Waals surface area contributed by atoms with E-state index in [9.17, 15) is 0 Å². The standard InChI is InChI=1S/C23H28N4OS/c1-28-19-13-11-17(12-14-19)24-23(29)27(18-7-3-2-4-8-18)16-15-22-25-20-9-5-6-10-21(20)26-22/h5-6,9-14,18H,2-4,7-8,15-16H2,1H3,(H,24,29)(H,25,26). The Morgan fingerprint density at radius 3 is 2.62 bits per heavy atom. The van der Waals surface area contributed by atoms with Crippen molar-refractivity contribution in [3.63, 3.8) is 0 Å². The Morgan fingerprint density at radius 1 is 1.14 bits per heavy atom. The Balaban J connectivity index is 1.46. The molecule has 3 aromatic rings. The van der Waals surface area contributed by atoms with E-state index < -0.39 is 0 Å². The number of para-hydroxylation sites is 2. The Bertz CT molecular complexity index is 914. The van der Waals surface area contributed by atoms with Gasteiger partial charge in [0.25, 0.3) is 0 Å². The smallest absolute Gasteiger partial charge is 0.173 e. The molecule has 2 aromatic carbocycles. The zero-order valence-corrected chi connectivity index (χ0v) is 17.7. The molecule has 1 heterocycles. The highest BCUT2D eigenvalue weighted by molar-refractivity contribution is 7.80. The fraction of sp³-hybridized carbons (Fsp3) is 0.391. The molecular formula is C23H28N4OS. The SMILES string of the molecule is COc1ccc(NC(=S)N(CCc2nc3ccccc3[nH]2)C2CCCCC2)cc1. The molecule has 1 aliphatic rings. The molecule has 5 nitrogen and oxygen atoms in total. The van der Waals surface area contributed by atoms with E-state index in [1.165, 1.54) is 32.1 Å². The van der Waals surface area contributed by atoms with E-state index in [-0.39, 0.29) is 0 Å². The number of thiocarbonyl (C=S) groups is 1. The first-order chi connectivity index (χ1) is 14.2. The number of aromatic nitrogens is 2. The third-order valence-corrected chi connectivity index (χ3v) is 5.98. The lowest BCUT2D eigenvalue weighted by atomic mass is 9.94. The zero-order chi connectivity index (χ0) is 20.1. The quantitative estimate of drug-likeness (QED) is 0.553. The van der Waals surface area contributed by atoms with Crippen LogP contribution in [0.25, 0.3) is 11.0 Å². The molecule has 1 fully saturated rings. The van der Waals surface area contributed by atoms with Gasteiger partial charge in [0.1, 0.15) is 11.6 Å². The first-order valence-electron chi connectivity index (χ1n) is 10.4. The predicted octanol–water partition coefficient (Wildman–Crippen LogP) is 5.15. The molecule has 0 amide bonds. The molecule has 0 bridgehead atoms. The fourth-order valence-corrected chi connectivity index (χ4v) is 4.42. The summed E-state index contributed by atoms with van der Waals surface area (Å²) in [4.78, 5) is 10.5. The first-order valence-corrected chi connectivity index (χ1v) is 10.8. The normalized spacial score (nSPS) is 14.7. The van der Waals surface area contributed by atoms with E-state index >= 15 is 0 Å². The molecule has 1 saturated carbocycles. The third kappa shape index (κ3) is 4.88. The van der Waals surface area contributed by atoms with Crippen LogP contribution in [-0.2, 0) is 6.42 Å². The van der Waals surface area contributed by atoms with Crippen LogP contribution in [0, 0.1) is 0 Å². The number of hydrogen-bond donors (Lipinski definition) is 2. The maximum atomic E-state index is 5.83. The minimum atomic E-state index is 0.492. The molecule has 1 aromatic heterocycles. The molecule has 0 atom stereocenters. The highest BCUT2D eigenvalue weighted by Crippen LogP contribution is 2.24. The number of fused-ring (bicyclic) bond motifs is 1. The molecule has 4 rings (SSSR count). The van der Waals surface area contributed by atoms with Crippen molar-refractivity contribution in [2.75, 3.05) is 19.0 Å². The van der Waals surface area contributed by atoms with E-state index in [4.69, 9.17) is 21.9 Å². The summed E-state index contributed by atoms with van der Waals surface area (Å²) in [6.07, 6.45) is 7.12. The number of rotatable bonds is 6. The predicted molar refractivity (Wildman–Crippen MR) is 123 cm³/mol. The Hall–Kier alpha value is -2.60. The molecule has 0 spiro atoms. The summed E-state index contributed by atoms with van der Waals surface area (Å²) in [5.41, 5.74) is 3.09. The van der Waals surface area contributed by atoms with Crippen molar-refractivity contribution in [1.29, 1.82) is 0 Å². The molecule has 6 heteroatoms. The summed E-state index contributed by atoms with van der Waals surface area (Å²) in [5.74, 6) is 1.86. The van der Waals surface area contributed by atoms with Crippen LogP contribution in [0.4, 0.5) is 5.69 Å². The maximum Gasteiger partial charge on any atom is 0.173 e. The zero-order valence-electron chi connectivity index (χ0n) is 16.9. The highest BCUT2D eigenvalue weighted by atomic mass is 32.1. The summed E-state index contributed by atoms with van der Waals surface area (Å²) >= 11 is 5.83. The lowest BCUT2D eigenvalue weighted by molar-refractivity contribution is 0.247. The van der Waals surface area contributed by atoms with Crippen LogP contribution < -0.4 is 10.1 Å². The molecule has 2 N–H and O–H groups in total. The number of nitrogens with zero attached hydrogens (tertiary/aromatic N) is 2. The van der Waals surface area contributed by atoms with E-state index in [1.807, 2.05) is 42.5 Å². The van der Waals surface area contributed by atoms with E-state index in [0.29, 0.717) is 6.04 Å². The lowest BCUT2D eigenvalue weighted by Gasteiger charge is -2.36. The molecule has 0 radical (unpaired) electrons. The lowest BCUT2D eigenvalue weighted by Crippen LogP contribution is -2.44. The van der Waals surface area contributed by atoms with Gasteiger partial charge < -0.3 is 19.9 Å². The van der Waals surface area contributed by atoms with Crippen molar-refractivity contribution in [3.05, 3.63) is 54.4 Å². The van der Waals surface area contributed by atoms with Gasteiger partial charge >= 0.3 is 0 Å². The van der Waals surface area contributed by atoms with Gasteiger partial charge in [0, 0.05) is 24.7 Å². The van der Waals surface area contributed by atoms with Gasteiger partial charge in [-0.3, -0.25) is 0 Å². The summed E-state index contributed by atoms with van der Waals surface area (Å²) in [6.45, 7) is 0.854. The highest BCUT2D eigenvalue weighted by Gasteiger charge is 2.23. The third-order valence-electron chi connectivity index (χ3n) is 5.65. The van der Waals surface area contributed by atoms with Gasteiger partial charge in [-0.15, -0.1) is 0 Å². The van der Waals surface area contributed by atoms with Crippen molar-refractivity contribution in [3.8, 4) is 5.75 Å². The average molecular weight is 409 g/mol. The van der Waals surface area contributed by atoms with Crippen LogP contribution in [0.15, 0.2) is 48.5 Å². The van der Waals surface area contributed by atoms with Crippen LogP contribution in [0.5, 0.6) is 5.75 Å². The van der Waals surface area contributed by atoms with E-state index in [2.05, 4.69) is 21.3 Å². The van der Waals surface area contributed by atoms with Gasteiger partial charge in [-0.25, -0.2) is 4.98 Å². The monoisotopic (exact) mass is 408 g/mol. The fourth-order valence-electron chi connectivity index (χ4n) is 4.06. The van der Waals surface area contributed by atoms with Crippen molar-refractivity contribution < 1.29 is 4.74 Å². The first kappa shape index (κ1) is 19.7. The number of hydrogen-bond acceptors (Lipinski definition) is 3. The minimum absolute atomic E-state index is 0.492. The molecule has 0 aliphatic heterocycles. The summed E-state index contributed by atoms with van der Waals surface area (Å²) in [7, 11) is 1.68. The van der Waals surface area contributed by atoms with Crippen molar-refractivity contribution in [2.45, 2.75) is 44.6 Å². The Labute approximate surface area is 177 Å². The molecule has 0 saturated heterocycles. The van der Waals surface area contributed by atoms with Crippen molar-refractivity contribution >= 4 is 34.1 Å². The second kappa shape index (κ2) is 9.27. The summed E-state index contributed by atoms with van der Waals surface area (Å²) in [6, 6.07) is 16.6. The molecule has 29 heavy (non-hydrogen) atoms. The van der Waals surface area contributed by atoms with E-state index in [0.717, 1.165) is 46.4 Å². The van der Waals surface area contributed by atoms with Gasteiger partial charge in [0.2, 0.25) is 0 Å². The van der Waals surface area contributed by atoms with Gasteiger partial charge in [-0.05, 0) is 61.5 Å². The number of ether oxygens (including phenoxy) is 1. The number of methoxy groups -OCH3 is 1. The van der Waals surface area contributed by atoms with Crippen LogP contribution in [-0.4, -0.2) is 39.7 Å². The van der Waals surface area contributed by atoms with Gasteiger partial charge in [-0.2, -0.15) is 0 Å². The van der Waals surface area contributed by atoms with Crippen molar-refractivity contribution in [1.82, 2.24) is 14.9 Å². The van der Waals surface area contributed by atoms with E-state index in [1.54, 1.807) is 7.11 Å². The summed E-state index contributed by atoms with van der Waals surface area (Å²) < 4.78 is 5.25. The van der Waals surface area contributed by atoms with Crippen molar-refractivity contribution in [2.24, 2.45) is 0 Å². The Morgan fingerprint density at radius 2 is 1.90 bits per heavy atom. The number of imidazole rings is 1. The van der Waals surface area contributed by atoms with Gasteiger partial charge in [0.15, 0.2) is 5.11 Å². The summed E-state index contributed by atoms with van der Waals surface area (Å²) in [5, 5.41) is 4.21. The van der Waals surface area contributed by atoms with Crippen LogP contribution in [0.1, 0.15) is 37.9 Å². The van der Waals surface area contributed by atoms with Crippen LogP contribution in [0.2, 0.25) is 0 Å². The van der Waals surface area contributed by atoms with Gasteiger partial charge in [0.05, 0.1) is 18.1 Å². The number of H-pyrrole nitrogens is 1. The minimum Gasteiger partial charge on any atom is -0.497 e. The number of benzene rings is 2. The number of anilines is 1.